The first-order valence-electron chi connectivity index (χ1n) is 7.13. The topological polar surface area (TPSA) is 41.1 Å². The normalized spacial score (nSPS) is 19.2. The Morgan fingerprint density at radius 3 is 2.79 bits per heavy atom. The number of piperidine rings is 1. The molecule has 1 aromatic rings. The number of hydrogen-bond donors (Lipinski definition) is 2. The van der Waals surface area contributed by atoms with Gasteiger partial charge in [0.05, 0.1) is 5.92 Å². The van der Waals surface area contributed by atoms with Crippen LogP contribution in [0.2, 0.25) is 0 Å². The summed E-state index contributed by atoms with van der Waals surface area (Å²) in [6.45, 7) is 8.89. The highest BCUT2D eigenvalue weighted by Crippen LogP contribution is 2.17. The summed E-state index contributed by atoms with van der Waals surface area (Å²) in [5.41, 5.74) is 5.15. The highest BCUT2D eigenvalue weighted by atomic mass is 16.1. The molecule has 0 aliphatic carbocycles. The molecule has 19 heavy (non-hydrogen) atoms. The maximum Gasteiger partial charge on any atom is 0.224 e. The molecule has 1 saturated heterocycles. The number of rotatable bonds is 3. The second-order valence-electron chi connectivity index (χ2n) is 5.55. The number of amides is 1. The zero-order valence-corrected chi connectivity index (χ0v) is 12.2. The zero-order valence-electron chi connectivity index (χ0n) is 12.2. The molecular formula is C16H24N2O. The van der Waals surface area contributed by atoms with Crippen molar-refractivity contribution >= 4 is 5.91 Å². The smallest absolute Gasteiger partial charge is 0.224 e. The Kier molecular flexibility index (Phi) is 4.59. The van der Waals surface area contributed by atoms with Gasteiger partial charge in [0.2, 0.25) is 5.91 Å². The molecule has 1 amide bonds. The van der Waals surface area contributed by atoms with Crippen LogP contribution in [0.25, 0.3) is 0 Å². The Balaban J connectivity index is 1.95. The summed E-state index contributed by atoms with van der Waals surface area (Å²) in [4.78, 5) is 12.1. The van der Waals surface area contributed by atoms with E-state index in [0.29, 0.717) is 6.54 Å². The van der Waals surface area contributed by atoms with Crippen LogP contribution in [0.1, 0.15) is 35.1 Å². The van der Waals surface area contributed by atoms with Crippen LogP contribution in [-0.2, 0) is 11.3 Å². The van der Waals surface area contributed by atoms with Crippen molar-refractivity contribution in [1.82, 2.24) is 10.6 Å². The maximum absolute atomic E-state index is 12.1. The molecule has 0 aromatic heterocycles. The van der Waals surface area contributed by atoms with Crippen LogP contribution in [-0.4, -0.2) is 19.0 Å². The first kappa shape index (κ1) is 14.1. The van der Waals surface area contributed by atoms with E-state index in [-0.39, 0.29) is 11.8 Å². The summed E-state index contributed by atoms with van der Waals surface area (Å²) in [6.07, 6.45) is 2.10. The highest BCUT2D eigenvalue weighted by molar-refractivity contribution is 5.79. The van der Waals surface area contributed by atoms with Crippen molar-refractivity contribution in [2.75, 3.05) is 13.1 Å². The molecule has 3 heteroatoms. The summed E-state index contributed by atoms with van der Waals surface area (Å²) < 4.78 is 0. The number of hydrogen-bond acceptors (Lipinski definition) is 2. The Morgan fingerprint density at radius 1 is 1.32 bits per heavy atom. The van der Waals surface area contributed by atoms with Crippen molar-refractivity contribution < 1.29 is 4.79 Å². The molecule has 1 atom stereocenters. The molecule has 0 bridgehead atoms. The van der Waals surface area contributed by atoms with E-state index in [9.17, 15) is 4.79 Å². The van der Waals surface area contributed by atoms with Gasteiger partial charge in [0, 0.05) is 13.1 Å². The quantitative estimate of drug-likeness (QED) is 0.875. The number of nitrogens with one attached hydrogen (secondary N) is 2. The SMILES string of the molecule is Cc1ccc(CNC(=O)C2CCCNC2)c(C)c1C. The Bertz CT molecular complexity index is 462. The fourth-order valence-electron chi connectivity index (χ4n) is 2.61. The highest BCUT2D eigenvalue weighted by Gasteiger charge is 2.20. The van der Waals surface area contributed by atoms with Crippen molar-refractivity contribution in [3.63, 3.8) is 0 Å². The molecule has 1 aliphatic rings. The third kappa shape index (κ3) is 3.35. The number of carbonyl (C=O) groups is 1. The Hall–Kier alpha value is -1.35. The summed E-state index contributed by atoms with van der Waals surface area (Å²) in [5.74, 6) is 0.324. The van der Waals surface area contributed by atoms with E-state index in [1.807, 2.05) is 0 Å². The summed E-state index contributed by atoms with van der Waals surface area (Å²) in [5, 5.41) is 6.36. The first-order valence-corrected chi connectivity index (χ1v) is 7.13. The van der Waals surface area contributed by atoms with Gasteiger partial charge in [-0.3, -0.25) is 4.79 Å². The lowest BCUT2D eigenvalue weighted by atomic mass is 9.97. The van der Waals surface area contributed by atoms with Crippen LogP contribution in [0.3, 0.4) is 0 Å². The molecule has 1 heterocycles. The van der Waals surface area contributed by atoms with E-state index in [2.05, 4.69) is 43.5 Å². The summed E-state index contributed by atoms with van der Waals surface area (Å²) in [7, 11) is 0. The molecule has 3 nitrogen and oxygen atoms in total. The minimum Gasteiger partial charge on any atom is -0.352 e. The van der Waals surface area contributed by atoms with E-state index in [0.717, 1.165) is 25.9 Å². The monoisotopic (exact) mass is 260 g/mol. The standard InChI is InChI=1S/C16H24N2O/c1-11-6-7-14(13(3)12(11)2)10-18-16(19)15-5-4-8-17-9-15/h6-7,15,17H,4-5,8-10H2,1-3H3,(H,18,19). The van der Waals surface area contributed by atoms with Crippen LogP contribution >= 0.6 is 0 Å². The minimum absolute atomic E-state index is 0.139. The fourth-order valence-corrected chi connectivity index (χ4v) is 2.61. The molecular weight excluding hydrogens is 236 g/mol. The second-order valence-corrected chi connectivity index (χ2v) is 5.55. The van der Waals surface area contributed by atoms with Gasteiger partial charge < -0.3 is 10.6 Å². The molecule has 0 saturated carbocycles. The molecule has 0 spiro atoms. The average Bonchev–Trinajstić information content (AvgIpc) is 2.45. The van der Waals surface area contributed by atoms with Gasteiger partial charge in [-0.15, -0.1) is 0 Å². The third-order valence-electron chi connectivity index (χ3n) is 4.29. The lowest BCUT2D eigenvalue weighted by Crippen LogP contribution is -2.40. The van der Waals surface area contributed by atoms with Crippen LogP contribution < -0.4 is 10.6 Å². The number of carbonyl (C=O) groups excluding carboxylic acids is 1. The van der Waals surface area contributed by atoms with E-state index in [1.165, 1.54) is 22.3 Å². The Morgan fingerprint density at radius 2 is 2.11 bits per heavy atom. The largest absolute Gasteiger partial charge is 0.352 e. The third-order valence-corrected chi connectivity index (χ3v) is 4.29. The fraction of sp³-hybridized carbons (Fsp3) is 0.562. The van der Waals surface area contributed by atoms with Crippen molar-refractivity contribution in [1.29, 1.82) is 0 Å². The van der Waals surface area contributed by atoms with Gasteiger partial charge in [0.15, 0.2) is 0 Å². The van der Waals surface area contributed by atoms with Crippen molar-refractivity contribution in [2.45, 2.75) is 40.2 Å². The van der Waals surface area contributed by atoms with E-state index in [4.69, 9.17) is 0 Å². The van der Waals surface area contributed by atoms with Crippen LogP contribution in [0.15, 0.2) is 12.1 Å². The molecule has 2 rings (SSSR count). The molecule has 0 radical (unpaired) electrons. The van der Waals surface area contributed by atoms with E-state index >= 15 is 0 Å². The van der Waals surface area contributed by atoms with Crippen molar-refractivity contribution in [3.05, 3.63) is 34.4 Å². The maximum atomic E-state index is 12.1. The van der Waals surface area contributed by atoms with Crippen molar-refractivity contribution in [3.8, 4) is 0 Å². The predicted molar refractivity (Wildman–Crippen MR) is 78.1 cm³/mol. The second kappa shape index (κ2) is 6.20. The van der Waals surface area contributed by atoms with E-state index < -0.39 is 0 Å². The average molecular weight is 260 g/mol. The molecule has 1 aromatic carbocycles. The lowest BCUT2D eigenvalue weighted by molar-refractivity contribution is -0.125. The van der Waals surface area contributed by atoms with Gasteiger partial charge >= 0.3 is 0 Å². The number of aryl methyl sites for hydroxylation is 1. The van der Waals surface area contributed by atoms with Gasteiger partial charge in [-0.05, 0) is 62.4 Å². The summed E-state index contributed by atoms with van der Waals surface area (Å²) >= 11 is 0. The predicted octanol–water partition coefficient (Wildman–Crippen LogP) is 2.23. The van der Waals surface area contributed by atoms with Crippen LogP contribution in [0, 0.1) is 26.7 Å². The van der Waals surface area contributed by atoms with Crippen molar-refractivity contribution in [2.24, 2.45) is 5.92 Å². The van der Waals surface area contributed by atoms with Gasteiger partial charge in [0.25, 0.3) is 0 Å². The molecule has 1 fully saturated rings. The minimum atomic E-state index is 0.139. The zero-order chi connectivity index (χ0) is 13.8. The lowest BCUT2D eigenvalue weighted by Gasteiger charge is -2.22. The van der Waals surface area contributed by atoms with Crippen LogP contribution in [0.4, 0.5) is 0 Å². The Labute approximate surface area is 115 Å². The van der Waals surface area contributed by atoms with Gasteiger partial charge in [-0.25, -0.2) is 0 Å². The molecule has 1 unspecified atom stereocenters. The molecule has 104 valence electrons. The number of benzene rings is 1. The molecule has 2 N–H and O–H groups in total. The first-order chi connectivity index (χ1) is 9.09. The van der Waals surface area contributed by atoms with Gasteiger partial charge in [-0.2, -0.15) is 0 Å². The van der Waals surface area contributed by atoms with E-state index in [1.54, 1.807) is 0 Å². The summed E-state index contributed by atoms with van der Waals surface area (Å²) in [6, 6.07) is 4.25. The van der Waals surface area contributed by atoms with Gasteiger partial charge in [-0.1, -0.05) is 12.1 Å². The van der Waals surface area contributed by atoms with Gasteiger partial charge in [0.1, 0.15) is 0 Å². The molecule has 1 aliphatic heterocycles. The van der Waals surface area contributed by atoms with Crippen LogP contribution in [0.5, 0.6) is 0 Å².